The van der Waals surface area contributed by atoms with E-state index in [0.29, 0.717) is 19.4 Å². The number of ether oxygens (including phenoxy) is 1. The summed E-state index contributed by atoms with van der Waals surface area (Å²) in [5, 5.41) is 12.8. The molecule has 0 aliphatic carbocycles. The van der Waals surface area contributed by atoms with E-state index in [2.05, 4.69) is 21.2 Å². The summed E-state index contributed by atoms with van der Waals surface area (Å²) in [6, 6.07) is 5.71. The average Bonchev–Trinajstić information content (AvgIpc) is 2.40. The van der Waals surface area contributed by atoms with Crippen LogP contribution in [-0.4, -0.2) is 31.3 Å². The smallest absolute Gasteiger partial charge is 0.311 e. The molecule has 104 valence electrons. The standard InChI is InChI=1S/C14H18BrNO3/c1-19-12-4-3-11(15)7-10(12)8-14(13(17)18)5-2-6-16-9-14/h3-4,7,16H,2,5-6,8-9H2,1H3,(H,17,18). The van der Waals surface area contributed by atoms with Gasteiger partial charge in [-0.3, -0.25) is 4.79 Å². The lowest BCUT2D eigenvalue weighted by Gasteiger charge is -2.34. The summed E-state index contributed by atoms with van der Waals surface area (Å²) < 4.78 is 6.27. The number of carboxylic acid groups (broad SMARTS) is 1. The summed E-state index contributed by atoms with van der Waals surface area (Å²) in [5.74, 6) is 0.0103. The van der Waals surface area contributed by atoms with Crippen LogP contribution in [0.25, 0.3) is 0 Å². The summed E-state index contributed by atoms with van der Waals surface area (Å²) in [6.07, 6.45) is 2.07. The van der Waals surface area contributed by atoms with Crippen molar-refractivity contribution < 1.29 is 14.6 Å². The molecular formula is C14H18BrNO3. The second-order valence-corrected chi connectivity index (χ2v) is 5.91. The molecule has 1 aliphatic heterocycles. The number of hydrogen-bond acceptors (Lipinski definition) is 3. The van der Waals surface area contributed by atoms with Crippen LogP contribution in [0.2, 0.25) is 0 Å². The lowest BCUT2D eigenvalue weighted by atomic mass is 9.75. The zero-order valence-corrected chi connectivity index (χ0v) is 12.5. The third kappa shape index (κ3) is 3.09. The van der Waals surface area contributed by atoms with Crippen LogP contribution in [-0.2, 0) is 11.2 Å². The first-order chi connectivity index (χ1) is 9.07. The van der Waals surface area contributed by atoms with Gasteiger partial charge in [0.2, 0.25) is 0 Å². The first-order valence-corrected chi connectivity index (χ1v) is 7.13. The number of carbonyl (C=O) groups is 1. The third-order valence-electron chi connectivity index (χ3n) is 3.70. The Labute approximate surface area is 121 Å². The number of benzene rings is 1. The number of aliphatic carboxylic acids is 1. The van der Waals surface area contributed by atoms with E-state index >= 15 is 0 Å². The SMILES string of the molecule is COc1ccc(Br)cc1CC1(C(=O)O)CCCNC1. The van der Waals surface area contributed by atoms with Crippen LogP contribution in [0, 0.1) is 5.41 Å². The maximum Gasteiger partial charge on any atom is 0.311 e. The summed E-state index contributed by atoms with van der Waals surface area (Å²) in [5.41, 5.74) is 0.203. The second kappa shape index (κ2) is 5.92. The molecule has 0 amide bonds. The molecule has 1 atom stereocenters. The topological polar surface area (TPSA) is 58.6 Å². The summed E-state index contributed by atoms with van der Waals surface area (Å²) in [4.78, 5) is 11.7. The van der Waals surface area contributed by atoms with Crippen molar-refractivity contribution in [3.05, 3.63) is 28.2 Å². The van der Waals surface area contributed by atoms with E-state index < -0.39 is 11.4 Å². The average molecular weight is 328 g/mol. The van der Waals surface area contributed by atoms with E-state index in [-0.39, 0.29) is 0 Å². The van der Waals surface area contributed by atoms with Crippen LogP contribution in [0.4, 0.5) is 0 Å². The Morgan fingerprint density at radius 3 is 2.95 bits per heavy atom. The number of rotatable bonds is 4. The van der Waals surface area contributed by atoms with Crippen molar-refractivity contribution in [3.8, 4) is 5.75 Å². The number of methoxy groups -OCH3 is 1. The van der Waals surface area contributed by atoms with E-state index in [4.69, 9.17) is 4.74 Å². The normalized spacial score (nSPS) is 23.1. The minimum Gasteiger partial charge on any atom is -0.496 e. The van der Waals surface area contributed by atoms with Crippen molar-refractivity contribution in [3.63, 3.8) is 0 Å². The molecule has 4 nitrogen and oxygen atoms in total. The minimum atomic E-state index is -0.735. The predicted molar refractivity (Wildman–Crippen MR) is 76.6 cm³/mol. The molecule has 1 saturated heterocycles. The summed E-state index contributed by atoms with van der Waals surface area (Å²) in [7, 11) is 1.61. The Bertz CT molecular complexity index is 470. The molecule has 1 aromatic rings. The molecule has 0 saturated carbocycles. The molecule has 0 radical (unpaired) electrons. The number of nitrogens with one attached hydrogen (secondary N) is 1. The molecule has 0 spiro atoms. The van der Waals surface area contributed by atoms with Gasteiger partial charge in [0.25, 0.3) is 0 Å². The highest BCUT2D eigenvalue weighted by molar-refractivity contribution is 9.10. The van der Waals surface area contributed by atoms with Gasteiger partial charge < -0.3 is 15.2 Å². The first kappa shape index (κ1) is 14.3. The molecule has 1 aromatic carbocycles. The Morgan fingerprint density at radius 2 is 2.37 bits per heavy atom. The van der Waals surface area contributed by atoms with Crippen LogP contribution in [0.5, 0.6) is 5.75 Å². The fourth-order valence-electron chi connectivity index (χ4n) is 2.63. The fourth-order valence-corrected chi connectivity index (χ4v) is 3.04. The van der Waals surface area contributed by atoms with E-state index in [1.807, 2.05) is 18.2 Å². The Hall–Kier alpha value is -1.07. The Balaban J connectivity index is 2.31. The third-order valence-corrected chi connectivity index (χ3v) is 4.19. The molecule has 1 unspecified atom stereocenters. The van der Waals surface area contributed by atoms with Crippen LogP contribution in [0.15, 0.2) is 22.7 Å². The molecular weight excluding hydrogens is 310 g/mol. The highest BCUT2D eigenvalue weighted by Crippen LogP contribution is 2.35. The highest BCUT2D eigenvalue weighted by Gasteiger charge is 2.40. The molecule has 1 fully saturated rings. The zero-order chi connectivity index (χ0) is 13.9. The van der Waals surface area contributed by atoms with Crippen molar-refractivity contribution in [2.45, 2.75) is 19.3 Å². The number of halogens is 1. The van der Waals surface area contributed by atoms with Gasteiger partial charge in [0.1, 0.15) is 5.75 Å². The van der Waals surface area contributed by atoms with Gasteiger partial charge in [-0.05, 0) is 49.6 Å². The van der Waals surface area contributed by atoms with E-state index in [1.165, 1.54) is 0 Å². The van der Waals surface area contributed by atoms with Crippen LogP contribution in [0.1, 0.15) is 18.4 Å². The van der Waals surface area contributed by atoms with Gasteiger partial charge in [-0.2, -0.15) is 0 Å². The number of piperidine rings is 1. The van der Waals surface area contributed by atoms with Gasteiger partial charge in [-0.15, -0.1) is 0 Å². The van der Waals surface area contributed by atoms with Gasteiger partial charge in [-0.25, -0.2) is 0 Å². The number of hydrogen-bond donors (Lipinski definition) is 2. The van der Waals surface area contributed by atoms with Crippen molar-refractivity contribution >= 4 is 21.9 Å². The van der Waals surface area contributed by atoms with Crippen LogP contribution < -0.4 is 10.1 Å². The van der Waals surface area contributed by atoms with E-state index in [1.54, 1.807) is 7.11 Å². The molecule has 2 N–H and O–H groups in total. The molecule has 1 aliphatic rings. The molecule has 19 heavy (non-hydrogen) atoms. The van der Waals surface area contributed by atoms with Gasteiger partial charge in [-0.1, -0.05) is 15.9 Å². The van der Waals surface area contributed by atoms with Gasteiger partial charge in [0.15, 0.2) is 0 Å². The molecule has 1 heterocycles. The van der Waals surface area contributed by atoms with Gasteiger partial charge >= 0.3 is 5.97 Å². The maximum absolute atomic E-state index is 11.7. The highest BCUT2D eigenvalue weighted by atomic mass is 79.9. The van der Waals surface area contributed by atoms with Crippen molar-refractivity contribution in [2.75, 3.05) is 20.2 Å². The number of carboxylic acids is 1. The predicted octanol–water partition coefficient (Wildman–Crippen LogP) is 2.45. The fraction of sp³-hybridized carbons (Fsp3) is 0.500. The van der Waals surface area contributed by atoms with Crippen LogP contribution in [0.3, 0.4) is 0 Å². The first-order valence-electron chi connectivity index (χ1n) is 6.34. The quantitative estimate of drug-likeness (QED) is 0.891. The minimum absolute atomic E-state index is 0.484. The zero-order valence-electron chi connectivity index (χ0n) is 10.9. The monoisotopic (exact) mass is 327 g/mol. The Kier molecular flexibility index (Phi) is 4.47. The molecule has 2 rings (SSSR count). The van der Waals surface area contributed by atoms with E-state index in [9.17, 15) is 9.90 Å². The largest absolute Gasteiger partial charge is 0.496 e. The van der Waals surface area contributed by atoms with Crippen molar-refractivity contribution in [1.29, 1.82) is 0 Å². The van der Waals surface area contributed by atoms with Crippen LogP contribution >= 0.6 is 15.9 Å². The summed E-state index contributed by atoms with van der Waals surface area (Å²) in [6.45, 7) is 1.41. The lowest BCUT2D eigenvalue weighted by Crippen LogP contribution is -2.47. The molecule has 5 heteroatoms. The van der Waals surface area contributed by atoms with Crippen molar-refractivity contribution in [1.82, 2.24) is 5.32 Å². The Morgan fingerprint density at radius 1 is 1.58 bits per heavy atom. The van der Waals surface area contributed by atoms with Gasteiger partial charge in [0, 0.05) is 11.0 Å². The van der Waals surface area contributed by atoms with E-state index in [0.717, 1.165) is 28.8 Å². The molecule has 0 aromatic heterocycles. The molecule has 0 bridgehead atoms. The maximum atomic E-state index is 11.7. The summed E-state index contributed by atoms with van der Waals surface area (Å²) >= 11 is 3.43. The second-order valence-electron chi connectivity index (χ2n) is 5.00. The lowest BCUT2D eigenvalue weighted by molar-refractivity contribution is -0.150. The van der Waals surface area contributed by atoms with Gasteiger partial charge in [0.05, 0.1) is 12.5 Å². The van der Waals surface area contributed by atoms with Crippen molar-refractivity contribution in [2.24, 2.45) is 5.41 Å².